The molecule has 5 rings (SSSR count). The Morgan fingerprint density at radius 1 is 1.13 bits per heavy atom. The van der Waals surface area contributed by atoms with Crippen LogP contribution in [0.3, 0.4) is 0 Å². The average Bonchev–Trinajstić information content (AvgIpc) is 3.27. The maximum absolute atomic E-state index is 11.9. The number of thiophene rings is 1. The number of aryl methyl sites for hydroxylation is 2. The quantitative estimate of drug-likeness (QED) is 0.414. The zero-order chi connectivity index (χ0) is 21.0. The van der Waals surface area contributed by atoms with Crippen molar-refractivity contribution in [3.8, 4) is 22.4 Å². The fourth-order valence-electron chi connectivity index (χ4n) is 4.21. The van der Waals surface area contributed by atoms with Crippen molar-refractivity contribution in [3.05, 3.63) is 58.2 Å². The number of nitrogens with zero attached hydrogens (tertiary/aromatic N) is 4. The van der Waals surface area contributed by atoms with E-state index >= 15 is 0 Å². The third-order valence-corrected chi connectivity index (χ3v) is 7.24. The summed E-state index contributed by atoms with van der Waals surface area (Å²) in [5.74, 6) is 0.136. The number of carbonyl (C=O) groups excluding carboxylic acids is 1. The molecule has 0 saturated heterocycles. The number of halogens is 1. The van der Waals surface area contributed by atoms with E-state index in [0.717, 1.165) is 34.7 Å². The monoisotopic (exact) mass is 452 g/mol. The molecule has 0 aliphatic carbocycles. The minimum Gasteiger partial charge on any atom is -0.337 e. The summed E-state index contributed by atoms with van der Waals surface area (Å²) in [6.45, 7) is 7.28. The molecule has 4 heterocycles. The van der Waals surface area contributed by atoms with Crippen molar-refractivity contribution in [1.82, 2.24) is 19.7 Å². The highest BCUT2D eigenvalue weighted by Crippen LogP contribution is 2.42. The predicted octanol–water partition coefficient (Wildman–Crippen LogP) is 5.31. The van der Waals surface area contributed by atoms with Gasteiger partial charge in [0.1, 0.15) is 4.83 Å². The van der Waals surface area contributed by atoms with E-state index in [1.165, 1.54) is 32.5 Å². The van der Waals surface area contributed by atoms with Crippen molar-refractivity contribution in [1.29, 1.82) is 0 Å². The van der Waals surface area contributed by atoms with Gasteiger partial charge in [0.25, 0.3) is 0 Å². The number of fused-ring (bicyclic) bond motifs is 3. The van der Waals surface area contributed by atoms with E-state index in [-0.39, 0.29) is 18.3 Å². The van der Waals surface area contributed by atoms with Crippen LogP contribution in [0.2, 0.25) is 0 Å². The smallest absolute Gasteiger partial charge is 0.219 e. The first kappa shape index (κ1) is 21.5. The second-order valence-corrected chi connectivity index (χ2v) is 9.15. The number of pyridine rings is 1. The first-order chi connectivity index (χ1) is 14.4. The summed E-state index contributed by atoms with van der Waals surface area (Å²) in [7, 11) is 1.96. The van der Waals surface area contributed by atoms with Crippen LogP contribution < -0.4 is 0 Å². The van der Waals surface area contributed by atoms with Crippen LogP contribution in [0, 0.1) is 13.8 Å². The van der Waals surface area contributed by atoms with Crippen LogP contribution >= 0.6 is 23.7 Å². The fraction of sp³-hybridized carbons (Fsp3) is 0.292. The molecule has 1 amide bonds. The molecule has 31 heavy (non-hydrogen) atoms. The van der Waals surface area contributed by atoms with E-state index in [1.807, 2.05) is 22.8 Å². The second kappa shape index (κ2) is 8.09. The van der Waals surface area contributed by atoms with E-state index in [4.69, 9.17) is 4.98 Å². The molecular formula is C24H25ClN4OS. The molecule has 0 spiro atoms. The number of aromatic nitrogens is 3. The largest absolute Gasteiger partial charge is 0.337 e. The van der Waals surface area contributed by atoms with E-state index in [0.29, 0.717) is 6.54 Å². The zero-order valence-electron chi connectivity index (χ0n) is 18.1. The van der Waals surface area contributed by atoms with Gasteiger partial charge in [0.15, 0.2) is 0 Å². The maximum Gasteiger partial charge on any atom is 0.219 e. The minimum absolute atomic E-state index is 0. The van der Waals surface area contributed by atoms with Crippen LogP contribution in [0.4, 0.5) is 0 Å². The SMILES string of the molecule is CC(=O)N1CCc2c(sc3nc(-c4cnn(C)c4C)cc(-c4ccc(C)cc4)c23)C1.Cl. The molecule has 5 nitrogen and oxygen atoms in total. The Labute approximate surface area is 192 Å². The van der Waals surface area contributed by atoms with Gasteiger partial charge in [-0.15, -0.1) is 23.7 Å². The van der Waals surface area contributed by atoms with E-state index in [9.17, 15) is 4.79 Å². The highest BCUT2D eigenvalue weighted by molar-refractivity contribution is 7.19. The lowest BCUT2D eigenvalue weighted by molar-refractivity contribution is -0.129. The van der Waals surface area contributed by atoms with E-state index < -0.39 is 0 Å². The topological polar surface area (TPSA) is 51.0 Å². The molecule has 1 aromatic carbocycles. The number of rotatable bonds is 2. The zero-order valence-corrected chi connectivity index (χ0v) is 19.7. The van der Waals surface area contributed by atoms with Gasteiger partial charge in [0, 0.05) is 42.0 Å². The third kappa shape index (κ3) is 3.64. The van der Waals surface area contributed by atoms with Gasteiger partial charge >= 0.3 is 0 Å². The molecule has 0 radical (unpaired) electrons. The van der Waals surface area contributed by atoms with Gasteiger partial charge in [-0.05, 0) is 43.0 Å². The molecule has 1 aliphatic heterocycles. The van der Waals surface area contributed by atoms with Gasteiger partial charge in [0.2, 0.25) is 5.91 Å². The minimum atomic E-state index is 0. The number of carbonyl (C=O) groups is 1. The summed E-state index contributed by atoms with van der Waals surface area (Å²) >= 11 is 1.72. The van der Waals surface area contributed by atoms with E-state index in [1.54, 1.807) is 18.3 Å². The Kier molecular flexibility index (Phi) is 5.62. The Morgan fingerprint density at radius 2 is 1.87 bits per heavy atom. The van der Waals surface area contributed by atoms with Crippen LogP contribution in [-0.4, -0.2) is 32.1 Å². The molecule has 1 aliphatic rings. The van der Waals surface area contributed by atoms with Gasteiger partial charge in [-0.25, -0.2) is 4.98 Å². The number of hydrogen-bond donors (Lipinski definition) is 0. The summed E-state index contributed by atoms with van der Waals surface area (Å²) in [6, 6.07) is 10.9. The van der Waals surface area contributed by atoms with Crippen molar-refractivity contribution < 1.29 is 4.79 Å². The van der Waals surface area contributed by atoms with Crippen LogP contribution in [0.5, 0.6) is 0 Å². The molecular weight excluding hydrogens is 428 g/mol. The number of benzene rings is 1. The van der Waals surface area contributed by atoms with Crippen molar-refractivity contribution >= 4 is 39.9 Å². The molecule has 160 valence electrons. The Bertz CT molecular complexity index is 1290. The molecule has 0 bridgehead atoms. The standard InChI is InChI=1S/C24H24N4OS.ClH/c1-14-5-7-17(8-6-14)19-11-21(20-12-25-27(4)15(20)2)26-24-23(19)18-9-10-28(16(3)29)13-22(18)30-24;/h5-8,11-12H,9-10,13H2,1-4H3;1H. The van der Waals surface area contributed by atoms with E-state index in [2.05, 4.69) is 49.3 Å². The van der Waals surface area contributed by atoms with Crippen molar-refractivity contribution in [2.45, 2.75) is 33.7 Å². The van der Waals surface area contributed by atoms with Crippen LogP contribution in [-0.2, 0) is 24.8 Å². The van der Waals surface area contributed by atoms with Gasteiger partial charge in [0.05, 0.1) is 18.4 Å². The normalized spacial score (nSPS) is 13.2. The summed E-state index contributed by atoms with van der Waals surface area (Å²) in [5, 5.41) is 5.66. The molecule has 4 aromatic rings. The summed E-state index contributed by atoms with van der Waals surface area (Å²) in [6.07, 6.45) is 2.77. The van der Waals surface area contributed by atoms with Crippen LogP contribution in [0.1, 0.15) is 28.6 Å². The number of amides is 1. The molecule has 0 saturated carbocycles. The van der Waals surface area contributed by atoms with Crippen molar-refractivity contribution in [3.63, 3.8) is 0 Å². The first-order valence-electron chi connectivity index (χ1n) is 10.2. The lowest BCUT2D eigenvalue weighted by atomic mass is 9.95. The highest BCUT2D eigenvalue weighted by Gasteiger charge is 2.25. The third-order valence-electron chi connectivity index (χ3n) is 6.13. The van der Waals surface area contributed by atoms with Gasteiger partial charge in [-0.3, -0.25) is 9.48 Å². The predicted molar refractivity (Wildman–Crippen MR) is 129 cm³/mol. The van der Waals surface area contributed by atoms with Crippen LogP contribution in [0.25, 0.3) is 32.6 Å². The highest BCUT2D eigenvalue weighted by atomic mass is 35.5. The Hall–Kier alpha value is -2.70. The lowest BCUT2D eigenvalue weighted by Crippen LogP contribution is -2.33. The molecule has 7 heteroatoms. The Morgan fingerprint density at radius 3 is 2.52 bits per heavy atom. The molecule has 3 aromatic heterocycles. The van der Waals surface area contributed by atoms with Gasteiger partial charge in [-0.1, -0.05) is 29.8 Å². The molecule has 0 fully saturated rings. The average molecular weight is 453 g/mol. The first-order valence-corrected chi connectivity index (χ1v) is 11.0. The summed E-state index contributed by atoms with van der Waals surface area (Å²) in [5.41, 5.74) is 8.12. The lowest BCUT2D eigenvalue weighted by Gasteiger charge is -2.26. The maximum atomic E-state index is 11.9. The van der Waals surface area contributed by atoms with Crippen LogP contribution in [0.15, 0.2) is 36.5 Å². The fourth-order valence-corrected chi connectivity index (χ4v) is 5.47. The molecule has 0 unspecified atom stereocenters. The summed E-state index contributed by atoms with van der Waals surface area (Å²) in [4.78, 5) is 21.2. The van der Waals surface area contributed by atoms with Crippen molar-refractivity contribution in [2.24, 2.45) is 7.05 Å². The molecule has 0 N–H and O–H groups in total. The van der Waals surface area contributed by atoms with Gasteiger partial charge < -0.3 is 4.90 Å². The van der Waals surface area contributed by atoms with Gasteiger partial charge in [-0.2, -0.15) is 5.10 Å². The molecule has 0 atom stereocenters. The second-order valence-electron chi connectivity index (χ2n) is 8.06. The summed E-state index contributed by atoms with van der Waals surface area (Å²) < 4.78 is 1.89. The van der Waals surface area contributed by atoms with Crippen molar-refractivity contribution in [2.75, 3.05) is 6.54 Å². The Balaban J connectivity index is 0.00000231. The number of hydrogen-bond acceptors (Lipinski definition) is 4.